The fourth-order valence-electron chi connectivity index (χ4n) is 6.14. The molecule has 2 unspecified atom stereocenters. The molecule has 0 bridgehead atoms. The van der Waals surface area contributed by atoms with Crippen LogP contribution in [0.1, 0.15) is 102 Å². The summed E-state index contributed by atoms with van der Waals surface area (Å²) in [6, 6.07) is 6.67. The number of thioether (sulfide) groups is 1. The molecule has 0 radical (unpaired) electrons. The highest BCUT2D eigenvalue weighted by atomic mass is 32.2. The normalized spacial score (nSPS) is 19.3. The molecule has 6 nitrogen and oxygen atoms in total. The average molecular weight is 517 g/mol. The fraction of sp³-hybridized carbons (Fsp3) is 0.690. The third-order valence-electron chi connectivity index (χ3n) is 8.45. The topological polar surface area (TPSA) is 66.5 Å². The summed E-state index contributed by atoms with van der Waals surface area (Å²) >= 11 is 1.84. The van der Waals surface area contributed by atoms with Crippen molar-refractivity contribution in [3.05, 3.63) is 29.3 Å². The Morgan fingerprint density at radius 3 is 2.36 bits per heavy atom. The maximum Gasteiger partial charge on any atom is 0.255 e. The number of imide groups is 1. The van der Waals surface area contributed by atoms with Crippen LogP contribution >= 0.6 is 11.8 Å². The van der Waals surface area contributed by atoms with Gasteiger partial charge in [-0.25, -0.2) is 0 Å². The summed E-state index contributed by atoms with van der Waals surface area (Å²) in [6.07, 6.45) is 6.89. The predicted molar refractivity (Wildman–Crippen MR) is 147 cm³/mol. The first-order valence-corrected chi connectivity index (χ1v) is 14.8. The second-order valence-corrected chi connectivity index (χ2v) is 12.6. The number of hydrogen-bond acceptors (Lipinski definition) is 4. The largest absolute Gasteiger partial charge is 0.322 e. The summed E-state index contributed by atoms with van der Waals surface area (Å²) in [7, 11) is 0. The third kappa shape index (κ3) is 6.34. The van der Waals surface area contributed by atoms with E-state index in [-0.39, 0.29) is 24.1 Å². The van der Waals surface area contributed by atoms with Gasteiger partial charge in [0, 0.05) is 28.7 Å². The van der Waals surface area contributed by atoms with E-state index in [9.17, 15) is 14.4 Å². The summed E-state index contributed by atoms with van der Waals surface area (Å²) in [5, 5.41) is 2.85. The first-order valence-electron chi connectivity index (χ1n) is 13.9. The van der Waals surface area contributed by atoms with Gasteiger partial charge in [0.2, 0.25) is 11.8 Å². The number of unbranched alkanes of at least 4 members (excludes halogenated alkanes) is 3. The van der Waals surface area contributed by atoms with Crippen molar-refractivity contribution in [2.75, 3.05) is 13.1 Å². The van der Waals surface area contributed by atoms with Gasteiger partial charge in [-0.1, -0.05) is 25.8 Å². The van der Waals surface area contributed by atoms with Crippen molar-refractivity contribution in [1.82, 2.24) is 10.2 Å². The molecule has 0 saturated carbocycles. The molecule has 3 amide bonds. The summed E-state index contributed by atoms with van der Waals surface area (Å²) in [5.74, 6) is -0.709. The molecule has 1 N–H and O–H groups in total. The molecular formula is C29H46N3O3S+. The molecule has 1 saturated heterocycles. The lowest BCUT2D eigenvalue weighted by molar-refractivity contribution is -0.965. The van der Waals surface area contributed by atoms with Crippen LogP contribution < -0.4 is 5.32 Å². The maximum absolute atomic E-state index is 13.1. The second kappa shape index (κ2) is 12.6. The minimum atomic E-state index is -0.561. The summed E-state index contributed by atoms with van der Waals surface area (Å²) in [6.45, 7) is 17.0. The zero-order chi connectivity index (χ0) is 26.5. The minimum Gasteiger partial charge on any atom is -0.322 e. The first kappa shape index (κ1) is 28.7. The zero-order valence-electron chi connectivity index (χ0n) is 23.1. The van der Waals surface area contributed by atoms with Crippen LogP contribution in [0.25, 0.3) is 0 Å². The zero-order valence-corrected chi connectivity index (χ0v) is 24.0. The molecule has 1 fully saturated rings. The summed E-state index contributed by atoms with van der Waals surface area (Å²) in [5.41, 5.74) is 1.73. The van der Waals surface area contributed by atoms with Crippen molar-refractivity contribution in [1.29, 1.82) is 0 Å². The number of carbonyl (C=O) groups is 3. The number of piperidine rings is 1. The van der Waals surface area contributed by atoms with Crippen LogP contribution in [0.4, 0.5) is 0 Å². The van der Waals surface area contributed by atoms with Crippen molar-refractivity contribution in [2.24, 2.45) is 0 Å². The highest BCUT2D eigenvalue weighted by Crippen LogP contribution is 2.37. The Bertz CT molecular complexity index is 938. The molecule has 0 spiro atoms. The van der Waals surface area contributed by atoms with Crippen molar-refractivity contribution in [3.63, 3.8) is 0 Å². The minimum absolute atomic E-state index is 0.0982. The Balaban J connectivity index is 1.48. The maximum atomic E-state index is 13.1. The lowest BCUT2D eigenvalue weighted by Crippen LogP contribution is -2.58. The van der Waals surface area contributed by atoms with E-state index in [0.29, 0.717) is 35.9 Å². The van der Waals surface area contributed by atoms with Crippen LogP contribution in [0.15, 0.2) is 23.1 Å². The van der Waals surface area contributed by atoms with E-state index in [2.05, 4.69) is 52.9 Å². The van der Waals surface area contributed by atoms with Crippen LogP contribution in [0.5, 0.6) is 0 Å². The van der Waals surface area contributed by atoms with Crippen LogP contribution in [0.2, 0.25) is 0 Å². The standard InChI is InChI=1S/C29H45N3O3S/c1-7-32(20(2)3,21(4)5)18-11-9-8-10-13-22(6)36-26-15-12-14-23-24(26)19-31(29(23)35)25-16-17-27(33)30-28(25)34/h12,14-15,20-22,25H,7-11,13,16-19H2,1-6H3/p+1. The third-order valence-corrected chi connectivity index (χ3v) is 9.72. The number of nitrogens with zero attached hydrogens (tertiary/aromatic N) is 2. The number of quaternary nitrogens is 1. The second-order valence-electron chi connectivity index (χ2n) is 11.1. The summed E-state index contributed by atoms with van der Waals surface area (Å²) < 4.78 is 1.21. The quantitative estimate of drug-likeness (QED) is 0.162. The molecule has 2 heterocycles. The van der Waals surface area contributed by atoms with E-state index < -0.39 is 6.04 Å². The van der Waals surface area contributed by atoms with Gasteiger partial charge in [0.25, 0.3) is 5.91 Å². The van der Waals surface area contributed by atoms with Crippen LogP contribution in [-0.2, 0) is 16.1 Å². The summed E-state index contributed by atoms with van der Waals surface area (Å²) in [4.78, 5) is 39.7. The highest BCUT2D eigenvalue weighted by molar-refractivity contribution is 8.00. The molecule has 3 rings (SSSR count). The van der Waals surface area contributed by atoms with Crippen LogP contribution in [-0.4, -0.2) is 63.6 Å². The molecule has 36 heavy (non-hydrogen) atoms. The Kier molecular flexibility index (Phi) is 10.0. The van der Waals surface area contributed by atoms with Gasteiger partial charge in [-0.3, -0.25) is 19.7 Å². The smallest absolute Gasteiger partial charge is 0.255 e. The van der Waals surface area contributed by atoms with E-state index >= 15 is 0 Å². The molecule has 200 valence electrons. The molecule has 2 atom stereocenters. The van der Waals surface area contributed by atoms with E-state index in [1.807, 2.05) is 23.9 Å². The lowest BCUT2D eigenvalue weighted by Gasteiger charge is -2.45. The SMILES string of the molecule is CC[N+](CCCCCCC(C)Sc1cccc2c1CN(C1CCC(=O)NC1=O)C2=O)(C(C)C)C(C)C. The van der Waals surface area contributed by atoms with Gasteiger partial charge in [0.05, 0.1) is 25.2 Å². The molecule has 0 aromatic heterocycles. The molecule has 0 aliphatic carbocycles. The van der Waals surface area contributed by atoms with E-state index in [0.717, 1.165) is 16.9 Å². The van der Waals surface area contributed by atoms with Crippen molar-refractivity contribution < 1.29 is 18.9 Å². The van der Waals surface area contributed by atoms with Gasteiger partial charge < -0.3 is 9.38 Å². The van der Waals surface area contributed by atoms with Gasteiger partial charge in [0.15, 0.2) is 0 Å². The molecule has 1 aromatic rings. The molecule has 2 aliphatic heterocycles. The van der Waals surface area contributed by atoms with E-state index in [4.69, 9.17) is 0 Å². The van der Waals surface area contributed by atoms with Crippen molar-refractivity contribution in [2.45, 2.75) is 121 Å². The molecule has 1 aromatic carbocycles. The molecule has 2 aliphatic rings. The number of carbonyl (C=O) groups excluding carboxylic acids is 3. The van der Waals surface area contributed by atoms with Gasteiger partial charge in [-0.05, 0) is 78.0 Å². The molecular weight excluding hydrogens is 470 g/mol. The Morgan fingerprint density at radius 1 is 1.03 bits per heavy atom. The van der Waals surface area contributed by atoms with E-state index in [1.54, 1.807) is 4.90 Å². The van der Waals surface area contributed by atoms with Crippen molar-refractivity contribution in [3.8, 4) is 0 Å². The van der Waals surface area contributed by atoms with Crippen LogP contribution in [0.3, 0.4) is 0 Å². The number of rotatable bonds is 13. The Labute approximate surface area is 222 Å². The number of fused-ring (bicyclic) bond motifs is 1. The average Bonchev–Trinajstić information content (AvgIpc) is 3.15. The monoisotopic (exact) mass is 516 g/mol. The van der Waals surface area contributed by atoms with Gasteiger partial charge in [-0.2, -0.15) is 0 Å². The number of nitrogens with one attached hydrogen (secondary N) is 1. The predicted octanol–water partition coefficient (Wildman–Crippen LogP) is 5.53. The highest BCUT2D eigenvalue weighted by Gasteiger charge is 2.40. The van der Waals surface area contributed by atoms with Gasteiger partial charge in [-0.15, -0.1) is 11.8 Å². The molecule has 7 heteroatoms. The fourth-order valence-corrected chi connectivity index (χ4v) is 7.33. The number of benzene rings is 1. The number of hydrogen-bond donors (Lipinski definition) is 1. The number of amides is 3. The Hall–Kier alpha value is -1.86. The first-order chi connectivity index (χ1) is 17.1. The van der Waals surface area contributed by atoms with Gasteiger partial charge in [0.1, 0.15) is 6.04 Å². The van der Waals surface area contributed by atoms with Crippen molar-refractivity contribution >= 4 is 29.5 Å². The van der Waals surface area contributed by atoms with Gasteiger partial charge >= 0.3 is 0 Å². The van der Waals surface area contributed by atoms with E-state index in [1.165, 1.54) is 43.3 Å². The van der Waals surface area contributed by atoms with Crippen LogP contribution in [0, 0.1) is 0 Å². The lowest BCUT2D eigenvalue weighted by atomic mass is 10.0. The Morgan fingerprint density at radius 2 is 1.72 bits per heavy atom.